The smallest absolute Gasteiger partial charge is 0.485 e. The zero-order chi connectivity index (χ0) is 15.3. The highest BCUT2D eigenvalue weighted by molar-refractivity contribution is 7.86. The van der Waals surface area contributed by atoms with Crippen molar-refractivity contribution in [3.63, 3.8) is 0 Å². The molecule has 4 nitrogen and oxygen atoms in total. The predicted octanol–water partition coefficient (Wildman–Crippen LogP) is 1.82. The molecular formula is C11H14F3NO3S. The fourth-order valence-electron chi connectivity index (χ4n) is 0.938. The summed E-state index contributed by atoms with van der Waals surface area (Å²) in [4.78, 5) is 0. The summed E-state index contributed by atoms with van der Waals surface area (Å²) in [5.41, 5.74) is -3.06. The lowest BCUT2D eigenvalue weighted by Crippen LogP contribution is -2.21. The zero-order valence-corrected chi connectivity index (χ0v) is 11.4. The van der Waals surface area contributed by atoms with Gasteiger partial charge in [-0.15, -0.1) is 0 Å². The Balaban J connectivity index is 0.000000362. The summed E-state index contributed by atoms with van der Waals surface area (Å²) in [5.74, 6) is 0. The molecule has 0 aromatic heterocycles. The molecule has 0 atom stereocenters. The maximum atomic E-state index is 10.7. The van der Waals surface area contributed by atoms with Crippen LogP contribution in [0, 0.1) is 0 Å². The van der Waals surface area contributed by atoms with Crippen LogP contribution in [-0.2, 0) is 10.1 Å². The van der Waals surface area contributed by atoms with Gasteiger partial charge in [0.05, 0.1) is 0 Å². The quantitative estimate of drug-likeness (QED) is 0.344. The molecule has 0 radical (unpaired) electrons. The standard InChI is InChI=1S/C10H14N.CHF3O3S/c1-9(11(2)3)10-7-5-4-6-8-10;2-1(3,4)8(5,6)7/h4-8H,1-3H3;(H,5,6,7)/q+1;/p-1. The third-order valence-electron chi connectivity index (χ3n) is 2.15. The average molecular weight is 297 g/mol. The third kappa shape index (κ3) is 6.35. The fraction of sp³-hybridized carbons (Fsp3) is 0.364. The van der Waals surface area contributed by atoms with Gasteiger partial charge in [-0.3, -0.25) is 0 Å². The molecule has 19 heavy (non-hydrogen) atoms. The molecule has 0 saturated carbocycles. The van der Waals surface area contributed by atoms with E-state index >= 15 is 0 Å². The Bertz CT molecular complexity index is 532. The molecule has 1 aromatic carbocycles. The molecule has 0 fully saturated rings. The van der Waals surface area contributed by atoms with Crippen LogP contribution in [0.5, 0.6) is 0 Å². The molecule has 8 heteroatoms. The summed E-state index contributed by atoms with van der Waals surface area (Å²) in [7, 11) is -1.97. The van der Waals surface area contributed by atoms with Gasteiger partial charge in [-0.05, 0) is 12.1 Å². The minimum absolute atomic E-state index is 1.29. The normalized spacial score (nSPS) is 11.3. The number of hydrogen-bond donors (Lipinski definition) is 0. The van der Waals surface area contributed by atoms with Crippen molar-refractivity contribution in [3.8, 4) is 0 Å². The lowest BCUT2D eigenvalue weighted by molar-refractivity contribution is -0.464. The second-order valence-corrected chi connectivity index (χ2v) is 5.12. The summed E-state index contributed by atoms with van der Waals surface area (Å²) in [5, 5.41) is 0. The van der Waals surface area contributed by atoms with E-state index < -0.39 is 15.6 Å². The number of benzene rings is 1. The lowest BCUT2D eigenvalue weighted by atomic mass is 10.1. The second kappa shape index (κ2) is 6.67. The van der Waals surface area contributed by atoms with Gasteiger partial charge in [-0.2, -0.15) is 13.2 Å². The van der Waals surface area contributed by atoms with Crippen LogP contribution in [0.1, 0.15) is 12.5 Å². The van der Waals surface area contributed by atoms with Gasteiger partial charge in [0, 0.05) is 12.5 Å². The van der Waals surface area contributed by atoms with E-state index in [1.807, 2.05) is 6.07 Å². The minimum Gasteiger partial charge on any atom is -0.741 e. The molecule has 0 spiro atoms. The van der Waals surface area contributed by atoms with Gasteiger partial charge in [0.1, 0.15) is 14.1 Å². The van der Waals surface area contributed by atoms with Crippen molar-refractivity contribution in [2.45, 2.75) is 12.4 Å². The number of halogens is 3. The van der Waals surface area contributed by atoms with E-state index in [-0.39, 0.29) is 0 Å². The van der Waals surface area contributed by atoms with E-state index in [1.165, 1.54) is 11.3 Å². The zero-order valence-electron chi connectivity index (χ0n) is 10.6. The van der Waals surface area contributed by atoms with Crippen molar-refractivity contribution < 1.29 is 30.7 Å². The van der Waals surface area contributed by atoms with Crippen LogP contribution in [-0.4, -0.2) is 42.9 Å². The highest BCUT2D eigenvalue weighted by Gasteiger charge is 2.36. The van der Waals surface area contributed by atoms with Crippen LogP contribution in [0.3, 0.4) is 0 Å². The molecule has 0 N–H and O–H groups in total. The first-order valence-electron chi connectivity index (χ1n) is 5.05. The molecule has 0 aliphatic rings. The maximum absolute atomic E-state index is 10.7. The van der Waals surface area contributed by atoms with E-state index in [0.717, 1.165) is 0 Å². The molecule has 1 aromatic rings. The SMILES string of the molecule is CC(c1ccccc1)=[N+](C)C.O=S(=O)([O-])C(F)(F)F. The summed E-state index contributed by atoms with van der Waals surface area (Å²) in [6.07, 6.45) is 0. The van der Waals surface area contributed by atoms with Crippen molar-refractivity contribution in [1.29, 1.82) is 0 Å². The molecule has 108 valence electrons. The molecule has 0 unspecified atom stereocenters. The van der Waals surface area contributed by atoms with Crippen LogP contribution in [0.2, 0.25) is 0 Å². The van der Waals surface area contributed by atoms with Crippen molar-refractivity contribution >= 4 is 15.8 Å². The second-order valence-electron chi connectivity index (χ2n) is 3.75. The van der Waals surface area contributed by atoms with E-state index in [9.17, 15) is 13.2 Å². The highest BCUT2D eigenvalue weighted by atomic mass is 32.2. The van der Waals surface area contributed by atoms with Crippen molar-refractivity contribution in [2.24, 2.45) is 0 Å². The average Bonchev–Trinajstić information content (AvgIpc) is 2.27. The summed E-state index contributed by atoms with van der Waals surface area (Å²) < 4.78 is 61.0. The predicted molar refractivity (Wildman–Crippen MR) is 64.1 cm³/mol. The molecule has 1 rings (SSSR count). The van der Waals surface area contributed by atoms with Gasteiger partial charge in [0.25, 0.3) is 0 Å². The lowest BCUT2D eigenvalue weighted by Gasteiger charge is -2.08. The van der Waals surface area contributed by atoms with Gasteiger partial charge >= 0.3 is 5.51 Å². The molecular weight excluding hydrogens is 283 g/mol. The molecule has 0 aliphatic carbocycles. The van der Waals surface area contributed by atoms with Crippen molar-refractivity contribution in [2.75, 3.05) is 14.1 Å². The van der Waals surface area contributed by atoms with Crippen LogP contribution >= 0.6 is 0 Å². The van der Waals surface area contributed by atoms with E-state index in [4.69, 9.17) is 13.0 Å². The molecule has 0 amide bonds. The Hall–Kier alpha value is -1.41. The Morgan fingerprint density at radius 3 is 1.79 bits per heavy atom. The van der Waals surface area contributed by atoms with Gasteiger partial charge in [-0.25, -0.2) is 13.0 Å². The molecule has 0 bridgehead atoms. The number of nitrogens with zero attached hydrogens (tertiary/aromatic N) is 1. The topological polar surface area (TPSA) is 60.2 Å². The molecule has 0 aliphatic heterocycles. The number of rotatable bonds is 1. The maximum Gasteiger partial charge on any atom is 0.485 e. The van der Waals surface area contributed by atoms with Gasteiger partial charge in [0.2, 0.25) is 0 Å². The van der Waals surface area contributed by atoms with Crippen LogP contribution < -0.4 is 0 Å². The fourth-order valence-corrected chi connectivity index (χ4v) is 0.938. The Kier molecular flexibility index (Phi) is 6.17. The Morgan fingerprint density at radius 2 is 1.53 bits per heavy atom. The summed E-state index contributed by atoms with van der Waals surface area (Å²) in [6.45, 7) is 2.12. The summed E-state index contributed by atoms with van der Waals surface area (Å²) >= 11 is 0. The summed E-state index contributed by atoms with van der Waals surface area (Å²) in [6, 6.07) is 10.4. The monoisotopic (exact) mass is 297 g/mol. The van der Waals surface area contributed by atoms with Gasteiger partial charge in [0.15, 0.2) is 15.8 Å². The van der Waals surface area contributed by atoms with Crippen LogP contribution in [0.4, 0.5) is 13.2 Å². The van der Waals surface area contributed by atoms with Crippen molar-refractivity contribution in [3.05, 3.63) is 35.9 Å². The minimum atomic E-state index is -6.09. The number of hydrogen-bond acceptors (Lipinski definition) is 3. The van der Waals surface area contributed by atoms with Gasteiger partial charge in [-0.1, -0.05) is 18.2 Å². The van der Waals surface area contributed by atoms with Crippen molar-refractivity contribution in [1.82, 2.24) is 0 Å². The highest BCUT2D eigenvalue weighted by Crippen LogP contribution is 2.20. The first-order chi connectivity index (χ1) is 8.47. The van der Waals surface area contributed by atoms with Gasteiger partial charge < -0.3 is 4.55 Å². The first-order valence-corrected chi connectivity index (χ1v) is 6.46. The van der Waals surface area contributed by atoms with E-state index in [1.54, 1.807) is 0 Å². The van der Waals surface area contributed by atoms with E-state index in [2.05, 4.69) is 49.9 Å². The number of alkyl halides is 3. The molecule has 0 heterocycles. The largest absolute Gasteiger partial charge is 0.741 e. The van der Waals surface area contributed by atoms with Crippen LogP contribution in [0.15, 0.2) is 30.3 Å². The van der Waals surface area contributed by atoms with E-state index in [0.29, 0.717) is 0 Å². The Labute approximate surface area is 109 Å². The molecule has 0 saturated heterocycles. The third-order valence-corrected chi connectivity index (χ3v) is 2.71. The Morgan fingerprint density at radius 1 is 1.16 bits per heavy atom. The van der Waals surface area contributed by atoms with Crippen LogP contribution in [0.25, 0.3) is 0 Å². The first kappa shape index (κ1) is 17.6.